The van der Waals surface area contributed by atoms with Crippen molar-refractivity contribution in [1.82, 2.24) is 4.98 Å². The Morgan fingerprint density at radius 3 is 2.85 bits per heavy atom. The molecule has 0 fully saturated rings. The molecule has 3 rings (SSSR count). The lowest BCUT2D eigenvalue weighted by molar-refractivity contribution is -0.131. The minimum atomic E-state index is -1.11. The molecule has 3 aromatic rings. The minimum absolute atomic E-state index is 0.0364. The zero-order valence-electron chi connectivity index (χ0n) is 14.2. The molecule has 1 heterocycles. The number of aliphatic carboxylic acids is 1. The second-order valence-corrected chi connectivity index (χ2v) is 6.21. The first kappa shape index (κ1) is 18.4. The van der Waals surface area contributed by atoms with Crippen LogP contribution in [0, 0.1) is 11.3 Å². The van der Waals surface area contributed by atoms with Crippen molar-refractivity contribution < 1.29 is 23.8 Å². The second kappa shape index (κ2) is 8.29. The molecule has 0 aliphatic carbocycles. The van der Waals surface area contributed by atoms with E-state index < -0.39 is 5.97 Å². The Labute approximate surface area is 158 Å². The monoisotopic (exact) mass is 382 g/mol. The summed E-state index contributed by atoms with van der Waals surface area (Å²) < 4.78 is 16.1. The van der Waals surface area contributed by atoms with Crippen LogP contribution < -0.4 is 9.47 Å². The largest absolute Gasteiger partial charge is 0.493 e. The van der Waals surface area contributed by atoms with Gasteiger partial charge >= 0.3 is 5.97 Å². The average Bonchev–Trinajstić information content (AvgIpc) is 3.08. The maximum absolute atomic E-state index is 11.6. The van der Waals surface area contributed by atoms with Crippen LogP contribution in [0.5, 0.6) is 11.5 Å². The van der Waals surface area contributed by atoms with Gasteiger partial charge in [0.15, 0.2) is 23.7 Å². The number of hydrogen-bond acceptors (Lipinski definition) is 7. The summed E-state index contributed by atoms with van der Waals surface area (Å²) in [4.78, 5) is 15.9. The van der Waals surface area contributed by atoms with Gasteiger partial charge in [0.2, 0.25) is 0 Å². The molecule has 0 radical (unpaired) electrons. The number of carboxylic acid groups (broad SMARTS) is 1. The molecule has 0 unspecified atom stereocenters. The van der Waals surface area contributed by atoms with Gasteiger partial charge in [0.05, 0.1) is 7.11 Å². The summed E-state index contributed by atoms with van der Waals surface area (Å²) in [6.07, 6.45) is 1.48. The summed E-state index contributed by atoms with van der Waals surface area (Å²) in [5, 5.41) is 18.4. The van der Waals surface area contributed by atoms with Gasteiger partial charge in [-0.05, 0) is 47.7 Å². The first-order valence-corrected chi connectivity index (χ1v) is 8.58. The number of para-hydroxylation sites is 2. The Morgan fingerprint density at radius 1 is 1.33 bits per heavy atom. The van der Waals surface area contributed by atoms with E-state index in [4.69, 9.17) is 19.2 Å². The van der Waals surface area contributed by atoms with Gasteiger partial charge in [0.1, 0.15) is 16.5 Å². The normalized spacial score (nSPS) is 11.2. The number of nitrogens with zero attached hydrogens (tertiary/aromatic N) is 2. The van der Waals surface area contributed by atoms with Gasteiger partial charge in [-0.25, -0.2) is 9.78 Å². The van der Waals surface area contributed by atoms with Crippen LogP contribution in [-0.2, 0) is 4.79 Å². The fourth-order valence-electron chi connectivity index (χ4n) is 2.28. The third-order valence-electron chi connectivity index (χ3n) is 3.46. The molecule has 0 aliphatic heterocycles. The molecule has 0 amide bonds. The Balaban J connectivity index is 1.89. The van der Waals surface area contributed by atoms with Crippen LogP contribution in [-0.4, -0.2) is 29.8 Å². The van der Waals surface area contributed by atoms with E-state index >= 15 is 0 Å². The highest BCUT2D eigenvalue weighted by molar-refractivity contribution is 8.03. The fraction of sp³-hybridized carbons (Fsp3) is 0.105. The molecule has 0 saturated heterocycles. The van der Waals surface area contributed by atoms with Crippen LogP contribution in [0.25, 0.3) is 17.2 Å². The molecule has 136 valence electrons. The van der Waals surface area contributed by atoms with Crippen molar-refractivity contribution >= 4 is 34.9 Å². The number of hydrogen-bond donors (Lipinski definition) is 1. The van der Waals surface area contributed by atoms with E-state index in [9.17, 15) is 9.90 Å². The van der Waals surface area contributed by atoms with Gasteiger partial charge in [-0.2, -0.15) is 5.26 Å². The van der Waals surface area contributed by atoms with Crippen LogP contribution >= 0.6 is 11.8 Å². The highest BCUT2D eigenvalue weighted by Crippen LogP contribution is 2.33. The third kappa shape index (κ3) is 4.40. The lowest BCUT2D eigenvalue weighted by Crippen LogP contribution is -1.98. The van der Waals surface area contributed by atoms with Gasteiger partial charge in [-0.1, -0.05) is 18.2 Å². The van der Waals surface area contributed by atoms with E-state index in [0.29, 0.717) is 28.2 Å². The standard InChI is InChI=1S/C19H14N2O5S/c1-24-16-10-12(6-7-15(16)25-9-8-20)11-17(18(22)23)27-19-21-13-4-2-3-5-14(13)26-19/h2-7,10-11H,9H2,1H3,(H,22,23)/b17-11-. The number of benzene rings is 2. The molecule has 0 atom stereocenters. The van der Waals surface area contributed by atoms with Crippen LogP contribution in [0.3, 0.4) is 0 Å². The first-order chi connectivity index (χ1) is 13.1. The number of thioether (sulfide) groups is 1. The van der Waals surface area contributed by atoms with Gasteiger partial charge in [-0.3, -0.25) is 0 Å². The van der Waals surface area contributed by atoms with E-state index in [1.54, 1.807) is 30.3 Å². The second-order valence-electron chi connectivity index (χ2n) is 5.22. The zero-order valence-corrected chi connectivity index (χ0v) is 15.0. The summed E-state index contributed by atoms with van der Waals surface area (Å²) in [5.74, 6) is -0.304. The Bertz CT molecular complexity index is 1020. The molecule has 1 N–H and O–H groups in total. The van der Waals surface area contributed by atoms with Crippen molar-refractivity contribution in [3.05, 3.63) is 52.9 Å². The van der Waals surface area contributed by atoms with E-state index in [2.05, 4.69) is 4.98 Å². The number of methoxy groups -OCH3 is 1. The van der Waals surface area contributed by atoms with Crippen molar-refractivity contribution in [2.75, 3.05) is 13.7 Å². The number of nitriles is 1. The van der Waals surface area contributed by atoms with Crippen LogP contribution in [0.4, 0.5) is 0 Å². The molecule has 0 aliphatic rings. The Kier molecular flexibility index (Phi) is 5.64. The molecule has 27 heavy (non-hydrogen) atoms. The average molecular weight is 382 g/mol. The predicted molar refractivity (Wildman–Crippen MR) is 99.6 cm³/mol. The number of carboxylic acids is 1. The van der Waals surface area contributed by atoms with Crippen molar-refractivity contribution in [3.8, 4) is 17.6 Å². The molecule has 8 heteroatoms. The lowest BCUT2D eigenvalue weighted by atomic mass is 10.2. The maximum Gasteiger partial charge on any atom is 0.342 e. The highest BCUT2D eigenvalue weighted by Gasteiger charge is 2.15. The summed E-state index contributed by atoms with van der Waals surface area (Å²) in [6.45, 7) is -0.112. The Morgan fingerprint density at radius 2 is 2.15 bits per heavy atom. The maximum atomic E-state index is 11.6. The molecule has 2 aromatic carbocycles. The molecule has 7 nitrogen and oxygen atoms in total. The molecule has 0 bridgehead atoms. The number of fused-ring (bicyclic) bond motifs is 1. The van der Waals surface area contributed by atoms with Gasteiger partial charge in [0.25, 0.3) is 5.22 Å². The lowest BCUT2D eigenvalue weighted by Gasteiger charge is -2.09. The zero-order chi connectivity index (χ0) is 19.2. The number of ether oxygens (including phenoxy) is 2. The quantitative estimate of drug-likeness (QED) is 0.483. The van der Waals surface area contributed by atoms with E-state index in [-0.39, 0.29) is 16.7 Å². The molecule has 0 saturated carbocycles. The smallest absolute Gasteiger partial charge is 0.342 e. The summed E-state index contributed by atoms with van der Waals surface area (Å²) in [6, 6.07) is 14.0. The van der Waals surface area contributed by atoms with E-state index in [0.717, 1.165) is 11.8 Å². The summed E-state index contributed by atoms with van der Waals surface area (Å²) in [7, 11) is 1.47. The molecular weight excluding hydrogens is 368 g/mol. The number of rotatable bonds is 7. The SMILES string of the molecule is COc1cc(/C=C(\Sc2nc3ccccc3o2)C(=O)O)ccc1OCC#N. The summed E-state index contributed by atoms with van der Waals surface area (Å²) in [5.41, 5.74) is 1.84. The number of oxazole rings is 1. The van der Waals surface area contributed by atoms with Crippen LogP contribution in [0.2, 0.25) is 0 Å². The molecule has 0 spiro atoms. The fourth-order valence-corrected chi connectivity index (χ4v) is 3.02. The van der Waals surface area contributed by atoms with Crippen molar-refractivity contribution in [1.29, 1.82) is 5.26 Å². The van der Waals surface area contributed by atoms with Crippen LogP contribution in [0.1, 0.15) is 5.56 Å². The third-order valence-corrected chi connectivity index (χ3v) is 4.32. The van der Waals surface area contributed by atoms with E-state index in [1.807, 2.05) is 18.2 Å². The molecular formula is C19H14N2O5S. The van der Waals surface area contributed by atoms with Gasteiger partial charge in [-0.15, -0.1) is 0 Å². The first-order valence-electron chi connectivity index (χ1n) is 7.77. The predicted octanol–water partition coefficient (Wildman–Crippen LogP) is 3.96. The van der Waals surface area contributed by atoms with Crippen molar-refractivity contribution in [2.45, 2.75) is 5.22 Å². The Hall–Kier alpha value is -3.44. The van der Waals surface area contributed by atoms with Crippen LogP contribution in [0.15, 0.2) is 57.0 Å². The topological polar surface area (TPSA) is 106 Å². The molecule has 1 aromatic heterocycles. The van der Waals surface area contributed by atoms with Gasteiger partial charge < -0.3 is 19.0 Å². The van der Waals surface area contributed by atoms with E-state index in [1.165, 1.54) is 13.2 Å². The number of carbonyl (C=O) groups is 1. The summed E-state index contributed by atoms with van der Waals surface area (Å²) >= 11 is 0.918. The number of aromatic nitrogens is 1. The van der Waals surface area contributed by atoms with Gasteiger partial charge in [0, 0.05) is 0 Å². The van der Waals surface area contributed by atoms with Crippen molar-refractivity contribution in [2.24, 2.45) is 0 Å². The highest BCUT2D eigenvalue weighted by atomic mass is 32.2. The minimum Gasteiger partial charge on any atom is -0.493 e. The van der Waals surface area contributed by atoms with Crippen molar-refractivity contribution in [3.63, 3.8) is 0 Å².